The van der Waals surface area contributed by atoms with Crippen LogP contribution in [0.3, 0.4) is 0 Å². The van der Waals surface area contributed by atoms with Crippen LogP contribution in [0.4, 0.5) is 5.69 Å². The molecule has 0 spiro atoms. The lowest BCUT2D eigenvalue weighted by Gasteiger charge is -2.08. The Hall–Kier alpha value is -2.60. The predicted molar refractivity (Wildman–Crippen MR) is 105 cm³/mol. The molecule has 3 aromatic rings. The summed E-state index contributed by atoms with van der Waals surface area (Å²) in [7, 11) is 0. The third kappa shape index (κ3) is 4.73. The lowest BCUT2D eigenvalue weighted by Crippen LogP contribution is -2.15. The molecule has 0 aliphatic carbocycles. The van der Waals surface area contributed by atoms with Crippen LogP contribution in [0.2, 0.25) is 0 Å². The van der Waals surface area contributed by atoms with Crippen molar-refractivity contribution in [2.24, 2.45) is 0 Å². The number of rotatable bonds is 6. The smallest absolute Gasteiger partial charge is 0.257 e. The molecule has 6 heteroatoms. The highest BCUT2D eigenvalue weighted by Gasteiger charge is 2.10. The molecular formula is C20H21N3O2S. The summed E-state index contributed by atoms with van der Waals surface area (Å²) in [6.07, 6.45) is 0. The highest BCUT2D eigenvalue weighted by molar-refractivity contribution is 7.99. The zero-order chi connectivity index (χ0) is 18.5. The minimum absolute atomic E-state index is 0.0378. The van der Waals surface area contributed by atoms with Crippen molar-refractivity contribution in [1.82, 2.24) is 10.1 Å². The molecule has 0 unspecified atom stereocenters. The van der Waals surface area contributed by atoms with E-state index in [-0.39, 0.29) is 5.91 Å². The van der Waals surface area contributed by atoms with Gasteiger partial charge in [0.1, 0.15) is 0 Å². The molecule has 134 valence electrons. The molecule has 0 saturated heterocycles. The maximum Gasteiger partial charge on any atom is 0.257 e. The second kappa shape index (κ2) is 8.19. The first kappa shape index (κ1) is 18.2. The highest BCUT2D eigenvalue weighted by atomic mass is 32.2. The Morgan fingerprint density at radius 3 is 2.54 bits per heavy atom. The molecule has 0 bridgehead atoms. The van der Waals surface area contributed by atoms with E-state index in [2.05, 4.69) is 21.5 Å². The van der Waals surface area contributed by atoms with E-state index in [0.29, 0.717) is 23.2 Å². The summed E-state index contributed by atoms with van der Waals surface area (Å²) in [5.74, 6) is 1.91. The third-order valence-electron chi connectivity index (χ3n) is 3.89. The first-order valence-electron chi connectivity index (χ1n) is 8.36. The Bertz CT molecular complexity index is 904. The molecule has 0 saturated carbocycles. The average molecular weight is 367 g/mol. The van der Waals surface area contributed by atoms with Gasteiger partial charge in [-0.1, -0.05) is 40.5 Å². The minimum atomic E-state index is -0.0378. The average Bonchev–Trinajstić information content (AvgIpc) is 3.07. The Morgan fingerprint density at radius 2 is 1.81 bits per heavy atom. The number of aryl methyl sites for hydroxylation is 3. The summed E-state index contributed by atoms with van der Waals surface area (Å²) in [6.45, 7) is 6.05. The van der Waals surface area contributed by atoms with Gasteiger partial charge >= 0.3 is 0 Å². The quantitative estimate of drug-likeness (QED) is 0.693. The molecule has 1 aromatic heterocycles. The van der Waals surface area contributed by atoms with Gasteiger partial charge in [0.15, 0.2) is 5.82 Å². The SMILES string of the molecule is Cc1ccc(-c2nc(CSCC(=O)Nc3ccc(C)cc3C)no2)cc1. The van der Waals surface area contributed by atoms with Crippen molar-refractivity contribution in [2.45, 2.75) is 26.5 Å². The van der Waals surface area contributed by atoms with E-state index in [1.165, 1.54) is 22.9 Å². The molecule has 0 fully saturated rings. The number of carbonyl (C=O) groups excluding carboxylic acids is 1. The summed E-state index contributed by atoms with van der Waals surface area (Å²) in [5.41, 5.74) is 5.16. The molecule has 0 radical (unpaired) electrons. The number of amides is 1. The summed E-state index contributed by atoms with van der Waals surface area (Å²) in [4.78, 5) is 16.5. The normalized spacial score (nSPS) is 10.7. The van der Waals surface area contributed by atoms with E-state index < -0.39 is 0 Å². The molecule has 5 nitrogen and oxygen atoms in total. The molecule has 0 aliphatic heterocycles. The number of hydrogen-bond acceptors (Lipinski definition) is 5. The molecule has 26 heavy (non-hydrogen) atoms. The van der Waals surface area contributed by atoms with Crippen LogP contribution in [-0.4, -0.2) is 21.8 Å². The molecule has 3 rings (SSSR count). The zero-order valence-corrected chi connectivity index (χ0v) is 15.9. The van der Waals surface area contributed by atoms with E-state index >= 15 is 0 Å². The number of benzene rings is 2. The van der Waals surface area contributed by atoms with Gasteiger partial charge in [0.25, 0.3) is 5.89 Å². The second-order valence-corrected chi connectivity index (χ2v) is 7.23. The Morgan fingerprint density at radius 1 is 1.08 bits per heavy atom. The summed E-state index contributed by atoms with van der Waals surface area (Å²) in [6, 6.07) is 13.9. The number of nitrogens with zero attached hydrogens (tertiary/aromatic N) is 2. The monoisotopic (exact) mass is 367 g/mol. The van der Waals surface area contributed by atoms with Crippen LogP contribution >= 0.6 is 11.8 Å². The number of thioether (sulfide) groups is 1. The first-order chi connectivity index (χ1) is 12.5. The van der Waals surface area contributed by atoms with E-state index in [0.717, 1.165) is 16.8 Å². The third-order valence-corrected chi connectivity index (χ3v) is 4.82. The molecular weight excluding hydrogens is 346 g/mol. The van der Waals surface area contributed by atoms with Crippen LogP contribution in [0.15, 0.2) is 47.0 Å². The Balaban J connectivity index is 1.50. The lowest BCUT2D eigenvalue weighted by molar-refractivity contribution is -0.113. The fourth-order valence-electron chi connectivity index (χ4n) is 2.50. The van der Waals surface area contributed by atoms with Gasteiger partial charge in [-0.2, -0.15) is 4.98 Å². The van der Waals surface area contributed by atoms with Crippen molar-refractivity contribution in [3.63, 3.8) is 0 Å². The number of anilines is 1. The van der Waals surface area contributed by atoms with Crippen molar-refractivity contribution in [3.05, 3.63) is 65.0 Å². The van der Waals surface area contributed by atoms with Crippen LogP contribution in [0, 0.1) is 20.8 Å². The van der Waals surface area contributed by atoms with Crippen LogP contribution in [0.5, 0.6) is 0 Å². The van der Waals surface area contributed by atoms with Gasteiger partial charge in [0, 0.05) is 11.3 Å². The fourth-order valence-corrected chi connectivity index (χ4v) is 3.16. The van der Waals surface area contributed by atoms with E-state index in [1.54, 1.807) is 0 Å². The summed E-state index contributed by atoms with van der Waals surface area (Å²) < 4.78 is 5.30. The Kier molecular flexibility index (Phi) is 5.73. The highest BCUT2D eigenvalue weighted by Crippen LogP contribution is 2.20. The maximum absolute atomic E-state index is 12.1. The van der Waals surface area contributed by atoms with Crippen molar-refractivity contribution in [2.75, 3.05) is 11.1 Å². The number of carbonyl (C=O) groups is 1. The van der Waals surface area contributed by atoms with Gasteiger partial charge in [-0.15, -0.1) is 11.8 Å². The number of nitrogens with one attached hydrogen (secondary N) is 1. The molecule has 2 aromatic carbocycles. The van der Waals surface area contributed by atoms with E-state index in [1.807, 2.05) is 57.2 Å². The second-order valence-electron chi connectivity index (χ2n) is 6.24. The maximum atomic E-state index is 12.1. The van der Waals surface area contributed by atoms with Crippen LogP contribution < -0.4 is 5.32 Å². The first-order valence-corrected chi connectivity index (χ1v) is 9.51. The van der Waals surface area contributed by atoms with Crippen LogP contribution in [-0.2, 0) is 10.5 Å². The number of hydrogen-bond donors (Lipinski definition) is 1. The van der Waals surface area contributed by atoms with Crippen molar-refractivity contribution < 1.29 is 9.32 Å². The Labute approximate surface area is 157 Å². The molecule has 1 heterocycles. The zero-order valence-electron chi connectivity index (χ0n) is 15.1. The lowest BCUT2D eigenvalue weighted by atomic mass is 10.1. The minimum Gasteiger partial charge on any atom is -0.334 e. The van der Waals surface area contributed by atoms with Gasteiger partial charge in [-0.3, -0.25) is 4.79 Å². The van der Waals surface area contributed by atoms with Gasteiger partial charge in [-0.25, -0.2) is 0 Å². The van der Waals surface area contributed by atoms with E-state index in [4.69, 9.17) is 4.52 Å². The van der Waals surface area contributed by atoms with Crippen molar-refractivity contribution in [1.29, 1.82) is 0 Å². The van der Waals surface area contributed by atoms with Gasteiger partial charge in [0.2, 0.25) is 5.91 Å². The topological polar surface area (TPSA) is 68.0 Å². The fraction of sp³-hybridized carbons (Fsp3) is 0.250. The van der Waals surface area contributed by atoms with E-state index in [9.17, 15) is 4.79 Å². The largest absolute Gasteiger partial charge is 0.334 e. The van der Waals surface area contributed by atoms with Crippen LogP contribution in [0.25, 0.3) is 11.5 Å². The van der Waals surface area contributed by atoms with Crippen molar-refractivity contribution >= 4 is 23.4 Å². The van der Waals surface area contributed by atoms with Crippen LogP contribution in [0.1, 0.15) is 22.5 Å². The molecule has 1 N–H and O–H groups in total. The van der Waals surface area contributed by atoms with Gasteiger partial charge < -0.3 is 9.84 Å². The molecule has 0 aliphatic rings. The molecule has 0 atom stereocenters. The van der Waals surface area contributed by atoms with Gasteiger partial charge in [-0.05, 0) is 44.5 Å². The summed E-state index contributed by atoms with van der Waals surface area (Å²) >= 11 is 1.46. The van der Waals surface area contributed by atoms with Gasteiger partial charge in [0.05, 0.1) is 11.5 Å². The number of aromatic nitrogens is 2. The molecule has 1 amide bonds. The van der Waals surface area contributed by atoms with Crippen molar-refractivity contribution in [3.8, 4) is 11.5 Å². The summed E-state index contributed by atoms with van der Waals surface area (Å²) in [5, 5.41) is 6.92. The predicted octanol–water partition coefficient (Wildman–Crippen LogP) is 4.53. The standard InChI is InChI=1S/C20H21N3O2S/c1-13-4-7-16(8-5-13)20-22-18(23-25-20)11-26-12-19(24)21-17-9-6-14(2)10-15(17)3/h4-10H,11-12H2,1-3H3,(H,21,24).